The maximum Gasteiger partial charge on any atom is 0.329 e. The van der Waals surface area contributed by atoms with Gasteiger partial charge in [0.15, 0.2) is 0 Å². The van der Waals surface area contributed by atoms with Gasteiger partial charge in [0.25, 0.3) is 0 Å². The van der Waals surface area contributed by atoms with Gasteiger partial charge in [-0.15, -0.1) is 11.3 Å². The van der Waals surface area contributed by atoms with E-state index in [1.54, 1.807) is 18.8 Å². The molecule has 2 heterocycles. The van der Waals surface area contributed by atoms with E-state index in [4.69, 9.17) is 0 Å². The normalized spacial score (nSPS) is 10.1. The first-order chi connectivity index (χ1) is 8.70. The van der Waals surface area contributed by atoms with Crippen molar-refractivity contribution in [1.29, 1.82) is 0 Å². The molecule has 0 atom stereocenters. The second-order valence-corrected chi connectivity index (χ2v) is 4.23. The molecule has 0 fully saturated rings. The molecular formula is C9H10N6O2S. The van der Waals surface area contributed by atoms with Crippen molar-refractivity contribution in [3.05, 3.63) is 32.9 Å². The number of nitro groups is 1. The van der Waals surface area contributed by atoms with Gasteiger partial charge in [0.1, 0.15) is 6.20 Å². The highest BCUT2D eigenvalue weighted by Gasteiger charge is 2.16. The van der Waals surface area contributed by atoms with E-state index in [9.17, 15) is 10.1 Å². The molecule has 0 aliphatic carbocycles. The van der Waals surface area contributed by atoms with Crippen molar-refractivity contribution in [2.45, 2.75) is 6.54 Å². The summed E-state index contributed by atoms with van der Waals surface area (Å²) in [6, 6.07) is 0. The van der Waals surface area contributed by atoms with Gasteiger partial charge in [-0.25, -0.2) is 4.98 Å². The quantitative estimate of drug-likeness (QED) is 0.623. The molecule has 18 heavy (non-hydrogen) atoms. The van der Waals surface area contributed by atoms with Crippen LogP contribution in [0, 0.1) is 10.1 Å². The van der Waals surface area contributed by atoms with E-state index in [-0.39, 0.29) is 11.5 Å². The lowest BCUT2D eigenvalue weighted by atomic mass is 10.4. The molecular weight excluding hydrogens is 256 g/mol. The van der Waals surface area contributed by atoms with Crippen LogP contribution in [-0.2, 0) is 6.54 Å². The molecule has 8 nitrogen and oxygen atoms in total. The van der Waals surface area contributed by atoms with Gasteiger partial charge in [-0.05, 0) is 0 Å². The Morgan fingerprint density at radius 1 is 1.50 bits per heavy atom. The summed E-state index contributed by atoms with van der Waals surface area (Å²) in [5, 5.41) is 16.5. The number of hydrogen-bond donors (Lipinski definition) is 2. The summed E-state index contributed by atoms with van der Waals surface area (Å²) in [7, 11) is 1.65. The minimum absolute atomic E-state index is 0.154. The third-order valence-corrected chi connectivity index (χ3v) is 2.88. The lowest BCUT2D eigenvalue weighted by Crippen LogP contribution is -2.07. The van der Waals surface area contributed by atoms with E-state index in [0.29, 0.717) is 12.5 Å². The molecule has 9 heteroatoms. The molecule has 0 spiro atoms. The first kappa shape index (κ1) is 12.2. The first-order valence-electron chi connectivity index (χ1n) is 5.01. The molecule has 0 unspecified atom stereocenters. The van der Waals surface area contributed by atoms with Crippen LogP contribution in [0.15, 0.2) is 17.9 Å². The van der Waals surface area contributed by atoms with Crippen molar-refractivity contribution < 1.29 is 4.92 Å². The van der Waals surface area contributed by atoms with Crippen LogP contribution in [0.2, 0.25) is 0 Å². The number of rotatable bonds is 5. The lowest BCUT2D eigenvalue weighted by molar-refractivity contribution is -0.384. The maximum atomic E-state index is 10.8. The van der Waals surface area contributed by atoms with E-state index in [0.717, 1.165) is 4.88 Å². The molecule has 2 N–H and O–H groups in total. The molecule has 94 valence electrons. The molecule has 0 saturated heterocycles. The topological polar surface area (TPSA) is 106 Å². The average molecular weight is 266 g/mol. The molecule has 2 rings (SSSR count). The minimum atomic E-state index is -0.519. The summed E-state index contributed by atoms with van der Waals surface area (Å²) >= 11 is 1.46. The zero-order valence-electron chi connectivity index (χ0n) is 9.45. The highest BCUT2D eigenvalue weighted by Crippen LogP contribution is 2.22. The third-order valence-electron chi connectivity index (χ3n) is 2.10. The standard InChI is InChI=1S/C9H10N6O2S/c1-10-9-13-4-7(15(16)17)8(14-9)12-3-6-2-11-5-18-6/h2,4-5H,3H2,1H3,(H2,10,12,13,14). The summed E-state index contributed by atoms with van der Waals surface area (Å²) in [6.07, 6.45) is 2.87. The van der Waals surface area contributed by atoms with Gasteiger partial charge in [-0.1, -0.05) is 0 Å². The summed E-state index contributed by atoms with van der Waals surface area (Å²) in [6.45, 7) is 0.436. The predicted octanol–water partition coefficient (Wildman–Crippen LogP) is 1.50. The molecule has 0 aliphatic heterocycles. The van der Waals surface area contributed by atoms with E-state index >= 15 is 0 Å². The Balaban J connectivity index is 2.20. The number of nitrogens with zero attached hydrogens (tertiary/aromatic N) is 4. The van der Waals surface area contributed by atoms with E-state index in [1.165, 1.54) is 17.5 Å². The second-order valence-electron chi connectivity index (χ2n) is 3.26. The minimum Gasteiger partial charge on any atom is -0.359 e. The van der Waals surface area contributed by atoms with Crippen molar-refractivity contribution in [3.8, 4) is 0 Å². The van der Waals surface area contributed by atoms with Crippen LogP contribution >= 0.6 is 11.3 Å². The summed E-state index contributed by atoms with van der Waals surface area (Å²) in [4.78, 5) is 23.0. The Kier molecular flexibility index (Phi) is 3.63. The van der Waals surface area contributed by atoms with Crippen molar-refractivity contribution in [2.24, 2.45) is 0 Å². The van der Waals surface area contributed by atoms with Gasteiger partial charge in [-0.2, -0.15) is 4.98 Å². The van der Waals surface area contributed by atoms with E-state index < -0.39 is 4.92 Å². The fourth-order valence-corrected chi connectivity index (χ4v) is 1.79. The number of nitrogens with one attached hydrogen (secondary N) is 2. The number of hydrogen-bond acceptors (Lipinski definition) is 8. The largest absolute Gasteiger partial charge is 0.359 e. The van der Waals surface area contributed by atoms with Crippen LogP contribution in [0.25, 0.3) is 0 Å². The first-order valence-corrected chi connectivity index (χ1v) is 5.89. The van der Waals surface area contributed by atoms with Crippen molar-refractivity contribution >= 4 is 28.8 Å². The van der Waals surface area contributed by atoms with E-state index in [2.05, 4.69) is 25.6 Å². The van der Waals surface area contributed by atoms with Crippen LogP contribution in [0.1, 0.15) is 4.88 Å². The van der Waals surface area contributed by atoms with Gasteiger partial charge in [-0.3, -0.25) is 15.1 Å². The monoisotopic (exact) mass is 266 g/mol. The second kappa shape index (κ2) is 5.36. The molecule has 2 aromatic heterocycles. The van der Waals surface area contributed by atoms with Crippen LogP contribution in [0.4, 0.5) is 17.5 Å². The van der Waals surface area contributed by atoms with Crippen LogP contribution in [-0.4, -0.2) is 26.9 Å². The zero-order chi connectivity index (χ0) is 13.0. The summed E-state index contributed by atoms with van der Waals surface area (Å²) in [5.41, 5.74) is 1.54. The van der Waals surface area contributed by atoms with Gasteiger partial charge in [0, 0.05) is 18.1 Å². The van der Waals surface area contributed by atoms with Gasteiger partial charge >= 0.3 is 5.69 Å². The van der Waals surface area contributed by atoms with Gasteiger partial charge in [0.05, 0.1) is 17.0 Å². The Morgan fingerprint density at radius 2 is 2.33 bits per heavy atom. The van der Waals surface area contributed by atoms with Crippen molar-refractivity contribution in [1.82, 2.24) is 15.0 Å². The Morgan fingerprint density at radius 3 is 2.94 bits per heavy atom. The Labute approximate surface area is 106 Å². The zero-order valence-corrected chi connectivity index (χ0v) is 10.3. The van der Waals surface area contributed by atoms with Crippen LogP contribution in [0.5, 0.6) is 0 Å². The number of thiazole rings is 1. The summed E-state index contributed by atoms with van der Waals surface area (Å²) in [5.74, 6) is 0.514. The highest BCUT2D eigenvalue weighted by atomic mass is 32.1. The van der Waals surface area contributed by atoms with Gasteiger partial charge in [0.2, 0.25) is 11.8 Å². The third kappa shape index (κ3) is 2.69. The molecule has 0 saturated carbocycles. The lowest BCUT2D eigenvalue weighted by Gasteiger charge is -2.05. The smallest absolute Gasteiger partial charge is 0.329 e. The fraction of sp³-hybridized carbons (Fsp3) is 0.222. The SMILES string of the molecule is CNc1ncc([N+](=O)[O-])c(NCc2cncs2)n1. The van der Waals surface area contributed by atoms with Crippen LogP contribution < -0.4 is 10.6 Å². The van der Waals surface area contributed by atoms with Crippen molar-refractivity contribution in [3.63, 3.8) is 0 Å². The van der Waals surface area contributed by atoms with Crippen molar-refractivity contribution in [2.75, 3.05) is 17.7 Å². The molecule has 0 aliphatic rings. The average Bonchev–Trinajstić information content (AvgIpc) is 2.88. The highest BCUT2D eigenvalue weighted by molar-refractivity contribution is 7.09. The Hall–Kier alpha value is -2.29. The maximum absolute atomic E-state index is 10.8. The molecule has 0 radical (unpaired) electrons. The Bertz CT molecular complexity index is 544. The molecule has 0 aromatic carbocycles. The molecule has 0 amide bonds. The predicted molar refractivity (Wildman–Crippen MR) is 67.7 cm³/mol. The van der Waals surface area contributed by atoms with Gasteiger partial charge < -0.3 is 10.6 Å². The molecule has 0 bridgehead atoms. The summed E-state index contributed by atoms with van der Waals surface area (Å²) < 4.78 is 0. The molecule has 2 aromatic rings. The number of aromatic nitrogens is 3. The fourth-order valence-electron chi connectivity index (χ4n) is 1.26. The van der Waals surface area contributed by atoms with Crippen LogP contribution in [0.3, 0.4) is 0 Å². The number of anilines is 2. The van der Waals surface area contributed by atoms with E-state index in [1.807, 2.05) is 0 Å².